The Morgan fingerprint density at radius 3 is 2.83 bits per heavy atom. The maximum absolute atomic E-state index is 12.3. The molecule has 1 atom stereocenters. The molecule has 0 saturated carbocycles. The van der Waals surface area contributed by atoms with Crippen LogP contribution in [-0.4, -0.2) is 15.9 Å². The molecule has 0 saturated heterocycles. The van der Waals surface area contributed by atoms with E-state index < -0.39 is 0 Å². The first-order valence-corrected chi connectivity index (χ1v) is 8.25. The molecule has 0 aliphatic carbocycles. The number of aromatic amines is 1. The molecule has 1 N–H and O–H groups in total. The van der Waals surface area contributed by atoms with Crippen LogP contribution in [0.15, 0.2) is 46.6 Å². The number of rotatable bonds is 5. The molecule has 23 heavy (non-hydrogen) atoms. The number of aromatic nitrogens is 2. The van der Waals surface area contributed by atoms with Gasteiger partial charge in [0.05, 0.1) is 11.4 Å². The van der Waals surface area contributed by atoms with Crippen molar-refractivity contribution >= 4 is 27.5 Å². The van der Waals surface area contributed by atoms with Crippen LogP contribution in [0.5, 0.6) is 0 Å². The van der Waals surface area contributed by atoms with E-state index in [1.807, 2.05) is 42.6 Å². The van der Waals surface area contributed by atoms with Crippen molar-refractivity contribution in [2.45, 2.75) is 25.9 Å². The summed E-state index contributed by atoms with van der Waals surface area (Å²) in [6.07, 6.45) is 0.649. The second kappa shape index (κ2) is 6.75. The monoisotopic (exact) mass is 328 g/mol. The lowest BCUT2D eigenvalue weighted by Crippen LogP contribution is -2.18. The number of carbonyl (C=O) groups is 1. The Morgan fingerprint density at radius 2 is 2.09 bits per heavy atom. The number of fused-ring (bicyclic) bond motifs is 1. The fourth-order valence-corrected chi connectivity index (χ4v) is 3.18. The number of nitrogens with one attached hydrogen (secondary N) is 1. The van der Waals surface area contributed by atoms with Crippen LogP contribution >= 0.6 is 11.3 Å². The third kappa shape index (κ3) is 3.32. The van der Waals surface area contributed by atoms with E-state index in [1.54, 1.807) is 6.07 Å². The van der Waals surface area contributed by atoms with E-state index in [9.17, 15) is 9.59 Å². The minimum Gasteiger partial charge on any atom is -0.457 e. The zero-order valence-electron chi connectivity index (χ0n) is 12.6. The van der Waals surface area contributed by atoms with Gasteiger partial charge in [-0.15, -0.1) is 11.3 Å². The molecule has 0 spiro atoms. The zero-order chi connectivity index (χ0) is 16.2. The molecular formula is C17H16N2O3S. The smallest absolute Gasteiger partial charge is 0.313 e. The maximum Gasteiger partial charge on any atom is 0.313 e. The number of nitrogens with zero attached hydrogens (tertiary/aromatic N) is 1. The predicted octanol–water partition coefficient (Wildman–Crippen LogP) is 3.22. The van der Waals surface area contributed by atoms with Crippen molar-refractivity contribution in [3.63, 3.8) is 0 Å². The van der Waals surface area contributed by atoms with Crippen LogP contribution in [-0.2, 0) is 16.1 Å². The molecular weight excluding hydrogens is 312 g/mol. The van der Waals surface area contributed by atoms with Gasteiger partial charge in [-0.2, -0.15) is 0 Å². The van der Waals surface area contributed by atoms with Gasteiger partial charge in [0, 0.05) is 0 Å². The molecule has 0 amide bonds. The van der Waals surface area contributed by atoms with Gasteiger partial charge in [-0.05, 0) is 23.4 Å². The Hall–Kier alpha value is -2.47. The summed E-state index contributed by atoms with van der Waals surface area (Å²) < 4.78 is 5.93. The second-order valence-corrected chi connectivity index (χ2v) is 6.04. The number of ether oxygens (including phenoxy) is 1. The van der Waals surface area contributed by atoms with E-state index in [2.05, 4.69) is 9.97 Å². The van der Waals surface area contributed by atoms with Crippen LogP contribution in [0.3, 0.4) is 0 Å². The maximum atomic E-state index is 12.3. The molecule has 0 fully saturated rings. The standard InChI is InChI=1S/C17H16N2O3S/c1-2-12(11-6-4-3-5-7-11)17(21)22-10-14-18-13-8-9-23-15(13)16(20)19-14/h3-9,12H,2,10H2,1H3,(H,18,19,20)/t12-/m0/s1. The fraction of sp³-hybridized carbons (Fsp3) is 0.235. The number of hydrogen-bond donors (Lipinski definition) is 1. The molecule has 5 nitrogen and oxygen atoms in total. The largest absolute Gasteiger partial charge is 0.457 e. The number of thiophene rings is 1. The molecule has 0 aliphatic heterocycles. The van der Waals surface area contributed by atoms with Crippen LogP contribution in [0, 0.1) is 0 Å². The average Bonchev–Trinajstić information content (AvgIpc) is 3.04. The summed E-state index contributed by atoms with van der Waals surface area (Å²) in [5.74, 6) is -0.267. The third-order valence-corrected chi connectivity index (χ3v) is 4.51. The van der Waals surface area contributed by atoms with Gasteiger partial charge < -0.3 is 9.72 Å². The van der Waals surface area contributed by atoms with Gasteiger partial charge in [-0.1, -0.05) is 37.3 Å². The highest BCUT2D eigenvalue weighted by molar-refractivity contribution is 7.17. The SMILES string of the molecule is CC[C@H](C(=O)OCc1nc2ccsc2c(=O)[nH]1)c1ccccc1. The molecule has 0 radical (unpaired) electrons. The topological polar surface area (TPSA) is 72.0 Å². The van der Waals surface area contributed by atoms with Crippen molar-refractivity contribution in [1.29, 1.82) is 0 Å². The number of carbonyl (C=O) groups excluding carboxylic acids is 1. The quantitative estimate of drug-likeness (QED) is 0.730. The van der Waals surface area contributed by atoms with Crippen LogP contribution < -0.4 is 5.56 Å². The molecule has 3 aromatic rings. The highest BCUT2D eigenvalue weighted by atomic mass is 32.1. The van der Waals surface area contributed by atoms with Crippen molar-refractivity contribution in [1.82, 2.24) is 9.97 Å². The van der Waals surface area contributed by atoms with Crippen LogP contribution in [0.1, 0.15) is 30.7 Å². The van der Waals surface area contributed by atoms with Gasteiger partial charge in [-0.3, -0.25) is 9.59 Å². The van der Waals surface area contributed by atoms with E-state index in [0.717, 1.165) is 5.56 Å². The second-order valence-electron chi connectivity index (χ2n) is 5.13. The van der Waals surface area contributed by atoms with E-state index in [-0.39, 0.29) is 24.1 Å². The summed E-state index contributed by atoms with van der Waals surface area (Å²) in [5.41, 5.74) is 1.35. The normalized spacial score (nSPS) is 12.2. The average molecular weight is 328 g/mol. The first-order valence-electron chi connectivity index (χ1n) is 7.37. The summed E-state index contributed by atoms with van der Waals surface area (Å²) in [7, 11) is 0. The molecule has 0 bridgehead atoms. The highest BCUT2D eigenvalue weighted by Gasteiger charge is 2.20. The summed E-state index contributed by atoms with van der Waals surface area (Å²) in [6, 6.07) is 11.3. The van der Waals surface area contributed by atoms with Crippen LogP contribution in [0.25, 0.3) is 10.2 Å². The fourth-order valence-electron chi connectivity index (χ4n) is 2.45. The lowest BCUT2D eigenvalue weighted by molar-refractivity contribution is -0.147. The molecule has 3 rings (SSSR count). The van der Waals surface area contributed by atoms with Gasteiger partial charge in [0.25, 0.3) is 5.56 Å². The molecule has 2 heterocycles. The Labute approximate surface area is 137 Å². The van der Waals surface area contributed by atoms with Gasteiger partial charge in [-0.25, -0.2) is 4.98 Å². The highest BCUT2D eigenvalue weighted by Crippen LogP contribution is 2.21. The van der Waals surface area contributed by atoms with Gasteiger partial charge in [0.1, 0.15) is 17.1 Å². The van der Waals surface area contributed by atoms with Crippen molar-refractivity contribution < 1.29 is 9.53 Å². The van der Waals surface area contributed by atoms with E-state index in [0.29, 0.717) is 22.5 Å². The van der Waals surface area contributed by atoms with Gasteiger partial charge in [0.2, 0.25) is 0 Å². The van der Waals surface area contributed by atoms with Crippen LogP contribution in [0.4, 0.5) is 0 Å². The summed E-state index contributed by atoms with van der Waals surface area (Å²) in [6.45, 7) is 1.90. The number of H-pyrrole nitrogens is 1. The Balaban J connectivity index is 1.73. The number of benzene rings is 1. The lowest BCUT2D eigenvalue weighted by Gasteiger charge is -2.14. The first kappa shape index (κ1) is 15.4. The van der Waals surface area contributed by atoms with Gasteiger partial charge in [0.15, 0.2) is 0 Å². The van der Waals surface area contributed by atoms with Crippen LogP contribution in [0.2, 0.25) is 0 Å². The summed E-state index contributed by atoms with van der Waals surface area (Å²) in [5, 5.41) is 1.81. The van der Waals surface area contributed by atoms with E-state index in [1.165, 1.54) is 11.3 Å². The predicted molar refractivity (Wildman–Crippen MR) is 89.5 cm³/mol. The van der Waals surface area contributed by atoms with Crippen molar-refractivity contribution in [2.24, 2.45) is 0 Å². The minimum atomic E-state index is -0.313. The van der Waals surface area contributed by atoms with E-state index in [4.69, 9.17) is 4.74 Å². The number of esters is 1. The van der Waals surface area contributed by atoms with Crippen molar-refractivity contribution in [2.75, 3.05) is 0 Å². The molecule has 1 aromatic carbocycles. The molecule has 0 aliphatic rings. The van der Waals surface area contributed by atoms with Crippen molar-refractivity contribution in [3.8, 4) is 0 Å². The molecule has 6 heteroatoms. The molecule has 2 aromatic heterocycles. The lowest BCUT2D eigenvalue weighted by atomic mass is 9.97. The first-order chi connectivity index (χ1) is 11.2. The zero-order valence-corrected chi connectivity index (χ0v) is 13.4. The minimum absolute atomic E-state index is 0.0385. The summed E-state index contributed by atoms with van der Waals surface area (Å²) >= 11 is 1.34. The number of hydrogen-bond acceptors (Lipinski definition) is 5. The third-order valence-electron chi connectivity index (χ3n) is 3.61. The summed E-state index contributed by atoms with van der Waals surface area (Å²) in [4.78, 5) is 31.2. The van der Waals surface area contributed by atoms with Gasteiger partial charge >= 0.3 is 5.97 Å². The van der Waals surface area contributed by atoms with Crippen molar-refractivity contribution in [3.05, 3.63) is 63.5 Å². The van der Waals surface area contributed by atoms with E-state index >= 15 is 0 Å². The molecule has 118 valence electrons. The molecule has 0 unspecified atom stereocenters. The Kier molecular flexibility index (Phi) is 4.52. The Morgan fingerprint density at radius 1 is 1.30 bits per heavy atom. The Bertz CT molecular complexity index is 870.